The molecule has 0 radical (unpaired) electrons. The highest BCUT2D eigenvalue weighted by atomic mass is 16.8. The first kappa shape index (κ1) is 75.9. The zero-order valence-electron chi connectivity index (χ0n) is 55.7. The van der Waals surface area contributed by atoms with Crippen molar-refractivity contribution < 1.29 is 152 Å². The van der Waals surface area contributed by atoms with Crippen LogP contribution in [0.1, 0.15) is 110 Å². The van der Waals surface area contributed by atoms with Gasteiger partial charge < -0.3 is 138 Å². The molecule has 5 saturated heterocycles. The zero-order chi connectivity index (χ0) is 70.5. The summed E-state index contributed by atoms with van der Waals surface area (Å²) in [6.45, 7) is 7.85. The van der Waals surface area contributed by atoms with Gasteiger partial charge in [-0.1, -0.05) is 46.3 Å². The fourth-order valence-corrected chi connectivity index (χ4v) is 16.7. The summed E-state index contributed by atoms with van der Waals surface area (Å²) < 4.78 is 82.2. The normalized spacial score (nSPS) is 45.6. The van der Waals surface area contributed by atoms with Crippen LogP contribution in [0.25, 0.3) is 0 Å². The van der Waals surface area contributed by atoms with Gasteiger partial charge in [0.25, 0.3) is 0 Å². The van der Waals surface area contributed by atoms with Gasteiger partial charge >= 0.3 is 11.9 Å². The van der Waals surface area contributed by atoms with Crippen LogP contribution in [-0.2, 0) is 66.4 Å². The number of carbonyl (C=O) groups excluding carboxylic acids is 3. The van der Waals surface area contributed by atoms with E-state index < -0.39 is 221 Å². The molecule has 31 nitrogen and oxygen atoms in total. The number of hydrogen-bond acceptors (Lipinski definition) is 31. The van der Waals surface area contributed by atoms with E-state index in [4.69, 9.17) is 66.3 Å². The van der Waals surface area contributed by atoms with E-state index in [1.54, 1.807) is 6.92 Å². The van der Waals surface area contributed by atoms with Crippen LogP contribution < -0.4 is 9.47 Å². The van der Waals surface area contributed by atoms with Gasteiger partial charge in [-0.2, -0.15) is 0 Å². The molecule has 1 aromatic carbocycles. The highest BCUT2D eigenvalue weighted by Gasteiger charge is 2.71. The van der Waals surface area contributed by atoms with Crippen molar-refractivity contribution in [3.8, 4) is 11.5 Å². The number of aliphatic hydroxyl groups is 14. The Morgan fingerprint density at radius 2 is 1.23 bits per heavy atom. The lowest BCUT2D eigenvalue weighted by molar-refractivity contribution is -0.365. The van der Waals surface area contributed by atoms with Crippen LogP contribution in [0, 0.1) is 40.4 Å². The number of methoxy groups -OCH3 is 2. The molecule has 3 saturated carbocycles. The molecule has 0 spiro atoms. The van der Waals surface area contributed by atoms with Crippen LogP contribution in [0.3, 0.4) is 0 Å². The van der Waals surface area contributed by atoms with E-state index in [1.165, 1.54) is 32.4 Å². The van der Waals surface area contributed by atoms with E-state index in [0.717, 1.165) is 12.5 Å². The number of carbonyl (C=O) groups is 3. The third-order valence-electron chi connectivity index (χ3n) is 22.4. The average molecular weight is 1390 g/mol. The lowest BCUT2D eigenvalue weighted by Gasteiger charge is -2.59. The Kier molecular flexibility index (Phi) is 24.3. The molecule has 97 heavy (non-hydrogen) atoms. The summed E-state index contributed by atoms with van der Waals surface area (Å²) in [5, 5.41) is 155. The van der Waals surface area contributed by atoms with Crippen molar-refractivity contribution in [1.82, 2.24) is 0 Å². The number of fused-ring (bicyclic) bond motifs is 5. The van der Waals surface area contributed by atoms with Gasteiger partial charge in [-0.3, -0.25) is 9.59 Å². The van der Waals surface area contributed by atoms with E-state index in [2.05, 4.69) is 13.0 Å². The van der Waals surface area contributed by atoms with Crippen molar-refractivity contribution in [2.24, 2.45) is 40.4 Å². The molecular weight excluding hydrogens is 1290 g/mol. The number of hydrogen-bond donors (Lipinski definition) is 14. The van der Waals surface area contributed by atoms with Crippen LogP contribution in [-0.4, -0.2) is 296 Å². The van der Waals surface area contributed by atoms with Gasteiger partial charge in [0.2, 0.25) is 0 Å². The van der Waals surface area contributed by atoms with Crippen molar-refractivity contribution in [3.05, 3.63) is 35.4 Å². The van der Waals surface area contributed by atoms with Gasteiger partial charge in [0.15, 0.2) is 55.2 Å². The van der Waals surface area contributed by atoms with Crippen LogP contribution in [0.5, 0.6) is 11.5 Å². The predicted octanol–water partition coefficient (Wildman–Crippen LogP) is -2.49. The Balaban J connectivity index is 0.819. The molecule has 32 atom stereocenters. The summed E-state index contributed by atoms with van der Waals surface area (Å²) >= 11 is 0. The molecular formula is C66H100O31. The smallest absolute Gasteiger partial charge is 0.338 e. The van der Waals surface area contributed by atoms with E-state index in [-0.39, 0.29) is 53.6 Å². The van der Waals surface area contributed by atoms with Crippen molar-refractivity contribution in [2.45, 2.75) is 258 Å². The Hall–Kier alpha value is -3.79. The average Bonchev–Trinajstić information content (AvgIpc) is 1.57. The standard InChI is InChI=1S/C66H100O31/c1-27(2)9-13-36(70)28(3)66(83)44(94-63-57(89-29(4)69)55(38(72)25-87-63)96-60-53(81)54(37(71)24-86-60)95-58(82)30-10-14-39(84-7)40(19-30)85-8)21-35-33-12-11-31-20-32(15-17-64(31,5)34(33)16-18-65(35,66)6)90-61-50(78)48(76)46(74)43(93-61)26-88-59-52(80)49(77)56(42(23-68)92-59)97-62-51(79)47(75)45(73)41(22-67)91-62/h10-11,14,19,27-28,32-35,37-38,41-57,59-63,67-68,71-81,83H,9,12-13,15-18,20-26H2,1-8H3/t28-,32-,33+,34-,35-,37+,38-,41+,42+,43+,44-,45+,46+,47-,48-,49+,50+,51+,52+,53+,54-,55-,56+,57+,59+,60-,61+,62-,63-,64-,65-,66+/m0/s1. The maximum absolute atomic E-state index is 14.5. The molecule has 8 fully saturated rings. The van der Waals surface area contributed by atoms with Crippen LogP contribution in [0.4, 0.5) is 0 Å². The van der Waals surface area contributed by atoms with Crippen molar-refractivity contribution in [3.63, 3.8) is 0 Å². The van der Waals surface area contributed by atoms with Crippen LogP contribution >= 0.6 is 0 Å². The maximum Gasteiger partial charge on any atom is 0.338 e. The molecule has 5 aliphatic heterocycles. The van der Waals surface area contributed by atoms with Gasteiger partial charge in [0.05, 0.1) is 65.0 Å². The second-order valence-electron chi connectivity index (χ2n) is 28.5. The molecule has 0 bridgehead atoms. The highest BCUT2D eigenvalue weighted by Crippen LogP contribution is 2.69. The molecule has 4 aliphatic carbocycles. The first-order valence-corrected chi connectivity index (χ1v) is 33.6. The third kappa shape index (κ3) is 14.8. The number of benzene rings is 1. The highest BCUT2D eigenvalue weighted by molar-refractivity contribution is 5.90. The summed E-state index contributed by atoms with van der Waals surface area (Å²) in [4.78, 5) is 41.0. The Bertz CT molecular complexity index is 2860. The molecule has 0 aromatic heterocycles. The predicted molar refractivity (Wildman–Crippen MR) is 326 cm³/mol. The minimum absolute atomic E-state index is 0.00279. The largest absolute Gasteiger partial charge is 0.493 e. The number of ketones is 1. The van der Waals surface area contributed by atoms with Crippen LogP contribution in [0.15, 0.2) is 29.8 Å². The molecule has 5 heterocycles. The lowest BCUT2D eigenvalue weighted by Crippen LogP contribution is -2.65. The maximum atomic E-state index is 14.5. The van der Waals surface area contributed by atoms with E-state index in [1.807, 2.05) is 20.8 Å². The molecule has 0 amide bonds. The van der Waals surface area contributed by atoms with Gasteiger partial charge in [0.1, 0.15) is 109 Å². The first-order chi connectivity index (χ1) is 45.9. The first-order valence-electron chi connectivity index (χ1n) is 33.6. The van der Waals surface area contributed by atoms with Crippen molar-refractivity contribution in [1.29, 1.82) is 0 Å². The minimum Gasteiger partial charge on any atom is -0.493 e. The van der Waals surface area contributed by atoms with E-state index in [0.29, 0.717) is 50.7 Å². The van der Waals surface area contributed by atoms with Crippen molar-refractivity contribution in [2.75, 3.05) is 47.3 Å². The Labute approximate surface area is 561 Å². The van der Waals surface area contributed by atoms with Gasteiger partial charge in [-0.05, 0) is 98.7 Å². The molecule has 31 heteroatoms. The molecule has 10 rings (SSSR count). The number of ether oxygens (including phenoxy) is 14. The Morgan fingerprint density at radius 1 is 0.619 bits per heavy atom. The lowest BCUT2D eigenvalue weighted by atomic mass is 9.46. The summed E-state index contributed by atoms with van der Waals surface area (Å²) in [7, 11) is 2.80. The molecule has 1 aromatic rings. The number of Topliss-reactive ketones (excluding diaryl/α,β-unsaturated/α-hetero) is 1. The molecule has 550 valence electrons. The SMILES string of the molecule is COc1ccc(C(=O)O[C@@H]2[C@@H](O)[C@H](O[C@@H]3[C@@H](OC(C)=O)[C@H](O[C@H]4C[C@H]5[C@@H]6CC=C7C[C@@H](O[C@@H]8O[C@H](CO[C@@H]9O[C@H](CO)[C@@H](O[C@@H]%10O[C@H](CO)[C@@H](O)[C@H](O)[C@H]%10O)[C@H](O)[C@H]9O)[C@@H](O)[C@H](O)[C@H]8O)CC[C@]7(C)[C@H]6CC[C@]5(C)[C@@]4(O)[C@@H](C)C(=O)CCC(C)C)OC[C@@H]3O)OC[C@H]2O)cc1OC. The summed E-state index contributed by atoms with van der Waals surface area (Å²) in [6, 6.07) is 4.24. The third-order valence-corrected chi connectivity index (χ3v) is 22.4. The number of rotatable bonds is 23. The molecule has 14 N–H and O–H groups in total. The van der Waals surface area contributed by atoms with E-state index in [9.17, 15) is 85.9 Å². The minimum atomic E-state index is -1.92. The number of esters is 2. The van der Waals surface area contributed by atoms with Gasteiger partial charge in [-0.25, -0.2) is 4.79 Å². The molecule has 0 unspecified atom stereocenters. The number of allylic oxidation sites excluding steroid dienone is 1. The second kappa shape index (κ2) is 31.0. The van der Waals surface area contributed by atoms with Gasteiger partial charge in [0, 0.05) is 24.7 Å². The topological polar surface area (TPSA) is 464 Å². The summed E-state index contributed by atoms with van der Waals surface area (Å²) in [5.74, 6) is -2.49. The second-order valence-corrected chi connectivity index (χ2v) is 28.5. The monoisotopic (exact) mass is 1390 g/mol. The van der Waals surface area contributed by atoms with E-state index >= 15 is 0 Å². The Morgan fingerprint density at radius 3 is 1.88 bits per heavy atom. The fourth-order valence-electron chi connectivity index (χ4n) is 16.7. The summed E-state index contributed by atoms with van der Waals surface area (Å²) in [5.41, 5.74) is -2.12. The van der Waals surface area contributed by atoms with Gasteiger partial charge in [-0.15, -0.1) is 0 Å². The van der Waals surface area contributed by atoms with Crippen LogP contribution in [0.2, 0.25) is 0 Å². The van der Waals surface area contributed by atoms with Crippen molar-refractivity contribution >= 4 is 17.7 Å². The fraction of sp³-hybridized carbons (Fsp3) is 0.833. The quantitative estimate of drug-likeness (QED) is 0.0398. The molecule has 9 aliphatic rings. The summed E-state index contributed by atoms with van der Waals surface area (Å²) in [6.07, 6.45) is -33.8. The number of aliphatic hydroxyl groups excluding tert-OH is 13. The zero-order valence-corrected chi connectivity index (χ0v) is 55.7.